The van der Waals surface area contributed by atoms with Crippen LogP contribution in [0.15, 0.2) is 30.3 Å². The molecular weight excluding hydrogens is 252 g/mol. The lowest BCUT2D eigenvalue weighted by atomic mass is 9.90. The summed E-state index contributed by atoms with van der Waals surface area (Å²) in [6.45, 7) is 2.32. The molecule has 1 saturated carbocycles. The normalized spacial score (nSPS) is 26.4. The van der Waals surface area contributed by atoms with Crippen LogP contribution in [0.5, 0.6) is 0 Å². The summed E-state index contributed by atoms with van der Waals surface area (Å²) in [7, 11) is 0. The highest BCUT2D eigenvalue weighted by atomic mass is 32.2. The van der Waals surface area contributed by atoms with Crippen LogP contribution in [0.4, 0.5) is 0 Å². The van der Waals surface area contributed by atoms with E-state index in [0.29, 0.717) is 11.0 Å². The van der Waals surface area contributed by atoms with Gasteiger partial charge in [0.15, 0.2) is 0 Å². The van der Waals surface area contributed by atoms with Gasteiger partial charge in [-0.3, -0.25) is 0 Å². The highest BCUT2D eigenvalue weighted by Gasteiger charge is 2.29. The lowest BCUT2D eigenvalue weighted by Gasteiger charge is -2.29. The first-order chi connectivity index (χ1) is 9.14. The van der Waals surface area contributed by atoms with Crippen LogP contribution in [-0.2, 0) is 5.54 Å². The van der Waals surface area contributed by atoms with Gasteiger partial charge in [-0.2, -0.15) is 17.0 Å². The van der Waals surface area contributed by atoms with Crippen LogP contribution < -0.4 is 5.73 Å². The van der Waals surface area contributed by atoms with E-state index >= 15 is 0 Å². The molecule has 3 heteroatoms. The van der Waals surface area contributed by atoms with E-state index in [4.69, 9.17) is 5.73 Å². The van der Waals surface area contributed by atoms with Gasteiger partial charge in [-0.05, 0) is 24.3 Å². The number of nitrogens with zero attached hydrogens (tertiary/aromatic N) is 1. The molecule has 1 aliphatic rings. The van der Waals surface area contributed by atoms with E-state index in [0.717, 1.165) is 11.5 Å². The molecule has 3 unspecified atom stereocenters. The predicted octanol–water partition coefficient (Wildman–Crippen LogP) is 3.68. The molecule has 0 bridgehead atoms. The van der Waals surface area contributed by atoms with E-state index in [-0.39, 0.29) is 0 Å². The minimum Gasteiger partial charge on any atom is -0.309 e. The van der Waals surface area contributed by atoms with Gasteiger partial charge in [0, 0.05) is 11.0 Å². The van der Waals surface area contributed by atoms with Crippen LogP contribution in [0, 0.1) is 17.2 Å². The van der Waals surface area contributed by atoms with E-state index in [9.17, 15) is 5.26 Å². The van der Waals surface area contributed by atoms with Crippen molar-refractivity contribution in [3.8, 4) is 6.07 Å². The number of benzene rings is 1. The van der Waals surface area contributed by atoms with Crippen LogP contribution in [0.2, 0.25) is 0 Å². The molecule has 1 aromatic rings. The third-order valence-electron chi connectivity index (χ3n) is 3.92. The molecule has 0 saturated heterocycles. The van der Waals surface area contributed by atoms with Gasteiger partial charge in [-0.1, -0.05) is 50.1 Å². The maximum atomic E-state index is 9.43. The van der Waals surface area contributed by atoms with Crippen molar-refractivity contribution in [3.63, 3.8) is 0 Å². The number of nitrogens with two attached hydrogens (primary N) is 1. The van der Waals surface area contributed by atoms with E-state index in [2.05, 4.69) is 13.0 Å². The van der Waals surface area contributed by atoms with Gasteiger partial charge >= 0.3 is 0 Å². The van der Waals surface area contributed by atoms with Crippen molar-refractivity contribution >= 4 is 11.8 Å². The third kappa shape index (κ3) is 3.75. The molecule has 0 aromatic heterocycles. The van der Waals surface area contributed by atoms with Gasteiger partial charge in [0.05, 0.1) is 6.07 Å². The quantitative estimate of drug-likeness (QED) is 0.911. The summed E-state index contributed by atoms with van der Waals surface area (Å²) >= 11 is 1.88. The number of thioether (sulfide) groups is 1. The summed E-state index contributed by atoms with van der Waals surface area (Å²) in [5.41, 5.74) is 6.36. The highest BCUT2D eigenvalue weighted by molar-refractivity contribution is 7.99. The van der Waals surface area contributed by atoms with E-state index in [1.807, 2.05) is 42.1 Å². The van der Waals surface area contributed by atoms with Crippen molar-refractivity contribution in [2.24, 2.45) is 11.7 Å². The SMILES string of the molecule is CC1CCCC(SCC(N)(C#N)c2ccccc2)C1. The Kier molecular flexibility index (Phi) is 4.90. The predicted molar refractivity (Wildman–Crippen MR) is 81.8 cm³/mol. The van der Waals surface area contributed by atoms with Gasteiger partial charge in [-0.15, -0.1) is 0 Å². The zero-order valence-corrected chi connectivity index (χ0v) is 12.3. The molecule has 0 heterocycles. The van der Waals surface area contributed by atoms with Crippen molar-refractivity contribution in [2.75, 3.05) is 5.75 Å². The molecule has 19 heavy (non-hydrogen) atoms. The molecule has 0 amide bonds. The van der Waals surface area contributed by atoms with Crippen molar-refractivity contribution in [3.05, 3.63) is 35.9 Å². The maximum absolute atomic E-state index is 9.43. The molecule has 0 radical (unpaired) electrons. The largest absolute Gasteiger partial charge is 0.309 e. The Labute approximate surface area is 120 Å². The molecule has 2 nitrogen and oxygen atoms in total. The van der Waals surface area contributed by atoms with Crippen molar-refractivity contribution in [1.29, 1.82) is 5.26 Å². The standard InChI is InChI=1S/C16H22N2S/c1-13-6-5-9-15(10-13)19-12-16(18,11-17)14-7-3-2-4-8-14/h2-4,7-8,13,15H,5-6,9-10,12,18H2,1H3. The number of hydrogen-bond acceptors (Lipinski definition) is 3. The molecule has 1 fully saturated rings. The van der Waals surface area contributed by atoms with Gasteiger partial charge in [0.25, 0.3) is 0 Å². The molecular formula is C16H22N2S. The summed E-state index contributed by atoms with van der Waals surface area (Å²) in [6.07, 6.45) is 5.20. The minimum absolute atomic E-state index is 0.670. The maximum Gasteiger partial charge on any atom is 0.138 e. The highest BCUT2D eigenvalue weighted by Crippen LogP contribution is 2.34. The zero-order valence-electron chi connectivity index (χ0n) is 11.5. The van der Waals surface area contributed by atoms with Gasteiger partial charge in [-0.25, -0.2) is 0 Å². The monoisotopic (exact) mass is 274 g/mol. The molecule has 0 spiro atoms. The Bertz CT molecular complexity index is 440. The van der Waals surface area contributed by atoms with Crippen LogP contribution in [0.25, 0.3) is 0 Å². The van der Waals surface area contributed by atoms with Gasteiger partial charge in [0.2, 0.25) is 0 Å². The Morgan fingerprint density at radius 1 is 1.37 bits per heavy atom. The summed E-state index contributed by atoms with van der Waals surface area (Å²) in [6, 6.07) is 12.1. The molecule has 2 rings (SSSR count). The average Bonchev–Trinajstić information content (AvgIpc) is 2.46. The van der Waals surface area contributed by atoms with Gasteiger partial charge in [0.1, 0.15) is 5.54 Å². The number of hydrogen-bond donors (Lipinski definition) is 1. The molecule has 3 atom stereocenters. The molecule has 0 aliphatic heterocycles. The van der Waals surface area contributed by atoms with Crippen molar-refractivity contribution in [2.45, 2.75) is 43.4 Å². The van der Waals surface area contributed by atoms with E-state index in [1.54, 1.807) is 0 Å². The Balaban J connectivity index is 1.98. The second-order valence-electron chi connectivity index (χ2n) is 5.65. The van der Waals surface area contributed by atoms with Crippen LogP contribution in [-0.4, -0.2) is 11.0 Å². The van der Waals surface area contributed by atoms with Crippen LogP contribution >= 0.6 is 11.8 Å². The zero-order chi connectivity index (χ0) is 13.7. The third-order valence-corrected chi connectivity index (χ3v) is 5.44. The second kappa shape index (κ2) is 6.45. The Hall–Kier alpha value is -0.980. The van der Waals surface area contributed by atoms with Crippen molar-refractivity contribution < 1.29 is 0 Å². The fourth-order valence-electron chi connectivity index (χ4n) is 2.69. The summed E-state index contributed by atoms with van der Waals surface area (Å²) < 4.78 is 0. The number of nitriles is 1. The Morgan fingerprint density at radius 3 is 2.74 bits per heavy atom. The topological polar surface area (TPSA) is 49.8 Å². The fourth-order valence-corrected chi connectivity index (χ4v) is 4.22. The molecule has 2 N–H and O–H groups in total. The first-order valence-corrected chi connectivity index (χ1v) is 8.06. The molecule has 102 valence electrons. The lowest BCUT2D eigenvalue weighted by Crippen LogP contribution is -2.38. The first kappa shape index (κ1) is 14.4. The van der Waals surface area contributed by atoms with Crippen LogP contribution in [0.3, 0.4) is 0 Å². The van der Waals surface area contributed by atoms with Gasteiger partial charge < -0.3 is 5.73 Å². The van der Waals surface area contributed by atoms with E-state index in [1.165, 1.54) is 25.7 Å². The second-order valence-corrected chi connectivity index (χ2v) is 6.94. The molecule has 1 aliphatic carbocycles. The Morgan fingerprint density at radius 2 is 2.11 bits per heavy atom. The minimum atomic E-state index is -0.855. The summed E-state index contributed by atoms with van der Waals surface area (Å²) in [5, 5.41) is 10.1. The summed E-state index contributed by atoms with van der Waals surface area (Å²) in [5.74, 6) is 1.50. The van der Waals surface area contributed by atoms with Crippen molar-refractivity contribution in [1.82, 2.24) is 0 Å². The van der Waals surface area contributed by atoms with Crippen LogP contribution in [0.1, 0.15) is 38.2 Å². The summed E-state index contributed by atoms with van der Waals surface area (Å²) in [4.78, 5) is 0. The average molecular weight is 274 g/mol. The first-order valence-electron chi connectivity index (χ1n) is 7.01. The smallest absolute Gasteiger partial charge is 0.138 e. The lowest BCUT2D eigenvalue weighted by molar-refractivity contribution is 0.394. The fraction of sp³-hybridized carbons (Fsp3) is 0.562. The van der Waals surface area contributed by atoms with E-state index < -0.39 is 5.54 Å². The molecule has 1 aromatic carbocycles. The number of rotatable bonds is 4.